The number of epoxide rings is 1. The molecule has 7 nitrogen and oxygen atoms in total. The molecule has 1 unspecified atom stereocenters. The Morgan fingerprint density at radius 1 is 1.47 bits per heavy atom. The van der Waals surface area contributed by atoms with Crippen LogP contribution in [0, 0.1) is 10.1 Å². The summed E-state index contributed by atoms with van der Waals surface area (Å²) in [5.41, 5.74) is 0.535. The smallest absolute Gasteiger partial charge is 0.276 e. The van der Waals surface area contributed by atoms with E-state index in [4.69, 9.17) is 9.15 Å². The number of ether oxygens (including phenoxy) is 1. The van der Waals surface area contributed by atoms with Crippen LogP contribution in [0.4, 0.5) is 5.69 Å². The predicted molar refractivity (Wildman–Crippen MR) is 66.9 cm³/mol. The van der Waals surface area contributed by atoms with E-state index in [0.717, 1.165) is 12.4 Å². The summed E-state index contributed by atoms with van der Waals surface area (Å²) in [6, 6.07) is 6.10. The van der Waals surface area contributed by atoms with Gasteiger partial charge in [-0.15, -0.1) is 10.2 Å². The summed E-state index contributed by atoms with van der Waals surface area (Å²) in [6.07, 6.45) is 0.276. The molecule has 3 rings (SSSR count). The van der Waals surface area contributed by atoms with Crippen LogP contribution in [0.25, 0.3) is 11.5 Å². The molecular formula is C11H9N3O4S. The van der Waals surface area contributed by atoms with E-state index in [1.807, 2.05) is 0 Å². The molecule has 2 heterocycles. The van der Waals surface area contributed by atoms with E-state index >= 15 is 0 Å². The van der Waals surface area contributed by atoms with Gasteiger partial charge in [-0.2, -0.15) is 0 Å². The highest BCUT2D eigenvalue weighted by molar-refractivity contribution is 7.99. The summed E-state index contributed by atoms with van der Waals surface area (Å²) in [5.74, 6) is 1.05. The lowest BCUT2D eigenvalue weighted by Crippen LogP contribution is -1.88. The van der Waals surface area contributed by atoms with Gasteiger partial charge in [-0.1, -0.05) is 17.8 Å². The molecule has 0 bridgehead atoms. The number of thioether (sulfide) groups is 1. The molecule has 8 heteroatoms. The SMILES string of the molecule is O=[N+]([O-])c1cccc(-c2nnc(SCC3CO3)o2)c1. The Labute approximate surface area is 112 Å². The molecule has 0 aliphatic carbocycles. The van der Waals surface area contributed by atoms with Gasteiger partial charge in [0.15, 0.2) is 0 Å². The molecule has 0 radical (unpaired) electrons. The Morgan fingerprint density at radius 3 is 3.05 bits per heavy atom. The number of nitro benzene ring substituents is 1. The molecule has 1 aromatic heterocycles. The van der Waals surface area contributed by atoms with E-state index < -0.39 is 4.92 Å². The Morgan fingerprint density at radius 2 is 2.32 bits per heavy atom. The minimum atomic E-state index is -0.458. The number of aromatic nitrogens is 2. The van der Waals surface area contributed by atoms with E-state index in [-0.39, 0.29) is 17.7 Å². The fraction of sp³-hybridized carbons (Fsp3) is 0.273. The highest BCUT2D eigenvalue weighted by Crippen LogP contribution is 2.27. The fourth-order valence-corrected chi connectivity index (χ4v) is 2.22. The predicted octanol–water partition coefficient (Wildman–Crippen LogP) is 2.14. The summed E-state index contributed by atoms with van der Waals surface area (Å²) in [7, 11) is 0. The van der Waals surface area contributed by atoms with Gasteiger partial charge in [0, 0.05) is 23.4 Å². The lowest BCUT2D eigenvalue weighted by molar-refractivity contribution is -0.384. The molecule has 1 aliphatic rings. The Bertz CT molecular complexity index is 611. The maximum Gasteiger partial charge on any atom is 0.276 e. The zero-order chi connectivity index (χ0) is 13.2. The maximum absolute atomic E-state index is 10.7. The first-order valence-electron chi connectivity index (χ1n) is 5.55. The van der Waals surface area contributed by atoms with Crippen molar-refractivity contribution in [3.8, 4) is 11.5 Å². The van der Waals surface area contributed by atoms with Crippen LogP contribution in [-0.2, 0) is 4.74 Å². The molecule has 98 valence electrons. The Kier molecular flexibility index (Phi) is 3.18. The monoisotopic (exact) mass is 279 g/mol. The average Bonchev–Trinajstić information content (AvgIpc) is 3.13. The summed E-state index contributed by atoms with van der Waals surface area (Å²) < 4.78 is 10.5. The lowest BCUT2D eigenvalue weighted by Gasteiger charge is -1.95. The highest BCUT2D eigenvalue weighted by atomic mass is 32.2. The zero-order valence-corrected chi connectivity index (χ0v) is 10.5. The number of benzene rings is 1. The van der Waals surface area contributed by atoms with Crippen LogP contribution in [0.2, 0.25) is 0 Å². The number of hydrogen-bond acceptors (Lipinski definition) is 7. The Balaban J connectivity index is 1.77. The van der Waals surface area contributed by atoms with Gasteiger partial charge in [-0.05, 0) is 6.07 Å². The van der Waals surface area contributed by atoms with Gasteiger partial charge in [-0.25, -0.2) is 0 Å². The first kappa shape index (κ1) is 12.1. The third kappa shape index (κ3) is 2.91. The zero-order valence-electron chi connectivity index (χ0n) is 9.68. The van der Waals surface area contributed by atoms with E-state index in [9.17, 15) is 10.1 Å². The van der Waals surface area contributed by atoms with Crippen molar-refractivity contribution >= 4 is 17.4 Å². The fourth-order valence-electron chi connectivity index (χ4n) is 1.47. The van der Waals surface area contributed by atoms with Crippen molar-refractivity contribution in [2.75, 3.05) is 12.4 Å². The van der Waals surface area contributed by atoms with Crippen molar-refractivity contribution in [1.82, 2.24) is 10.2 Å². The van der Waals surface area contributed by atoms with Crippen LogP contribution in [-0.4, -0.2) is 33.6 Å². The summed E-state index contributed by atoms with van der Waals surface area (Å²) in [6.45, 7) is 0.777. The number of nitro groups is 1. The van der Waals surface area contributed by atoms with Crippen LogP contribution in [0.15, 0.2) is 33.9 Å². The van der Waals surface area contributed by atoms with Crippen molar-refractivity contribution in [1.29, 1.82) is 0 Å². The van der Waals surface area contributed by atoms with Gasteiger partial charge < -0.3 is 9.15 Å². The van der Waals surface area contributed by atoms with Crippen LogP contribution < -0.4 is 0 Å². The number of hydrogen-bond donors (Lipinski definition) is 0. The second kappa shape index (κ2) is 4.98. The molecular weight excluding hydrogens is 270 g/mol. The van der Waals surface area contributed by atoms with Gasteiger partial charge in [0.2, 0.25) is 5.89 Å². The van der Waals surface area contributed by atoms with Crippen LogP contribution in [0.3, 0.4) is 0 Å². The van der Waals surface area contributed by atoms with Crippen molar-refractivity contribution in [3.05, 3.63) is 34.4 Å². The molecule has 19 heavy (non-hydrogen) atoms. The van der Waals surface area contributed by atoms with Crippen molar-refractivity contribution in [2.45, 2.75) is 11.3 Å². The van der Waals surface area contributed by atoms with Gasteiger partial charge in [-0.3, -0.25) is 10.1 Å². The molecule has 1 saturated heterocycles. The van der Waals surface area contributed by atoms with E-state index in [0.29, 0.717) is 10.8 Å². The third-order valence-corrected chi connectivity index (χ3v) is 3.46. The molecule has 0 amide bonds. The average molecular weight is 279 g/mol. The van der Waals surface area contributed by atoms with Crippen molar-refractivity contribution < 1.29 is 14.1 Å². The second-order valence-electron chi connectivity index (χ2n) is 3.95. The maximum atomic E-state index is 10.7. The molecule has 0 N–H and O–H groups in total. The molecule has 1 atom stereocenters. The van der Waals surface area contributed by atoms with E-state index in [1.165, 1.54) is 23.9 Å². The minimum Gasteiger partial charge on any atom is -0.411 e. The first-order valence-corrected chi connectivity index (χ1v) is 6.53. The number of non-ortho nitro benzene ring substituents is 1. The van der Waals surface area contributed by atoms with Crippen LogP contribution in [0.5, 0.6) is 0 Å². The third-order valence-electron chi connectivity index (χ3n) is 2.51. The van der Waals surface area contributed by atoms with Gasteiger partial charge in [0.1, 0.15) is 0 Å². The van der Waals surface area contributed by atoms with Crippen LogP contribution in [0.1, 0.15) is 0 Å². The molecule has 0 spiro atoms. The molecule has 1 fully saturated rings. The number of rotatable bonds is 5. The summed E-state index contributed by atoms with van der Waals surface area (Å²) in [5, 5.41) is 18.9. The van der Waals surface area contributed by atoms with Crippen molar-refractivity contribution in [3.63, 3.8) is 0 Å². The van der Waals surface area contributed by atoms with Gasteiger partial charge in [0.05, 0.1) is 17.6 Å². The molecule has 1 aliphatic heterocycles. The van der Waals surface area contributed by atoms with E-state index in [1.54, 1.807) is 12.1 Å². The van der Waals surface area contributed by atoms with Gasteiger partial charge in [0.25, 0.3) is 10.9 Å². The highest BCUT2D eigenvalue weighted by Gasteiger charge is 2.23. The molecule has 0 saturated carbocycles. The lowest BCUT2D eigenvalue weighted by atomic mass is 10.2. The molecule has 1 aromatic carbocycles. The summed E-state index contributed by atoms with van der Waals surface area (Å²) >= 11 is 1.42. The number of nitrogens with zero attached hydrogens (tertiary/aromatic N) is 3. The normalized spacial score (nSPS) is 17.4. The topological polar surface area (TPSA) is 94.6 Å². The largest absolute Gasteiger partial charge is 0.411 e. The Hall–Kier alpha value is -1.93. The second-order valence-corrected chi connectivity index (χ2v) is 4.92. The quantitative estimate of drug-likeness (QED) is 0.358. The van der Waals surface area contributed by atoms with Gasteiger partial charge >= 0.3 is 0 Å². The van der Waals surface area contributed by atoms with E-state index in [2.05, 4.69) is 10.2 Å². The molecule has 2 aromatic rings. The first-order chi connectivity index (χ1) is 9.22. The minimum absolute atomic E-state index is 0.00344. The van der Waals surface area contributed by atoms with Crippen molar-refractivity contribution in [2.24, 2.45) is 0 Å². The standard InChI is InChI=1S/C11H9N3O4S/c15-14(16)8-3-1-2-7(4-8)10-12-13-11(18-10)19-6-9-5-17-9/h1-4,9H,5-6H2. The van der Waals surface area contributed by atoms with Crippen LogP contribution >= 0.6 is 11.8 Å². The summed E-state index contributed by atoms with van der Waals surface area (Å²) in [4.78, 5) is 10.2.